The van der Waals surface area contributed by atoms with E-state index in [1.807, 2.05) is 0 Å². The topological polar surface area (TPSA) is 237 Å². The van der Waals surface area contributed by atoms with Gasteiger partial charge in [0.15, 0.2) is 12.2 Å². The van der Waals surface area contributed by atoms with Gasteiger partial charge in [-0.05, 0) is 37.5 Å². The van der Waals surface area contributed by atoms with Crippen LogP contribution in [0.25, 0.3) is 0 Å². The highest BCUT2D eigenvalue weighted by Crippen LogP contribution is 2.45. The zero-order valence-corrected chi connectivity index (χ0v) is 67.3. The molecule has 0 saturated carbocycles. The predicted molar refractivity (Wildman–Crippen MR) is 409 cm³/mol. The summed E-state index contributed by atoms with van der Waals surface area (Å²) in [5.41, 5.74) is 0. The van der Waals surface area contributed by atoms with E-state index in [0.29, 0.717) is 25.7 Å². The molecule has 0 rings (SSSR count). The van der Waals surface area contributed by atoms with Gasteiger partial charge < -0.3 is 33.8 Å². The summed E-state index contributed by atoms with van der Waals surface area (Å²) in [6.45, 7) is 9.62. The smallest absolute Gasteiger partial charge is 0.462 e. The summed E-state index contributed by atoms with van der Waals surface area (Å²) < 4.78 is 68.7. The van der Waals surface area contributed by atoms with Crippen molar-refractivity contribution in [3.8, 4) is 0 Å². The van der Waals surface area contributed by atoms with Crippen LogP contribution in [-0.4, -0.2) is 96.7 Å². The second kappa shape index (κ2) is 72.6. The van der Waals surface area contributed by atoms with E-state index in [4.69, 9.17) is 37.0 Å². The average molecular weight is 1470 g/mol. The number of aliphatic hydroxyl groups excluding tert-OH is 1. The number of ether oxygens (including phenoxy) is 4. The van der Waals surface area contributed by atoms with E-state index in [1.165, 1.54) is 238 Å². The molecule has 17 nitrogen and oxygen atoms in total. The summed E-state index contributed by atoms with van der Waals surface area (Å²) in [6.07, 6.45) is 62.4. The number of aliphatic hydroxyl groups is 1. The summed E-state index contributed by atoms with van der Waals surface area (Å²) in [5, 5.41) is 10.6. The van der Waals surface area contributed by atoms with E-state index >= 15 is 0 Å². The van der Waals surface area contributed by atoms with Crippen LogP contribution in [0, 0.1) is 11.8 Å². The van der Waals surface area contributed by atoms with Crippen molar-refractivity contribution in [2.75, 3.05) is 39.6 Å². The standard InChI is InChI=1S/C81H158O17P2/c1-7-10-12-14-16-18-20-22-24-25-26-27-29-33-38-42-46-54-60-65-80(85)97-76(69-91-78(83)63-57-51-44-40-36-34-30-31-35-39-43-49-55-61-73(4)5)71-95-99(87,88)93-67-75(82)68-94-100(89,90)96-72-77(70-92-79(84)64-58-52-48-47-50-56-62-74(6)9-3)98-81(86)66-59-53-45-41-37-32-28-23-21-19-17-15-13-11-8-2/h73-77,82H,7-72H2,1-6H3,(H,87,88)(H,89,90)/t74?,75-,76-,77-/m1/s1. The second-order valence-corrected chi connectivity index (χ2v) is 32.8. The van der Waals surface area contributed by atoms with E-state index < -0.39 is 97.5 Å². The highest BCUT2D eigenvalue weighted by atomic mass is 31.2. The molecule has 19 heteroatoms. The van der Waals surface area contributed by atoms with Crippen LogP contribution < -0.4 is 0 Å². The molecule has 0 aliphatic rings. The summed E-state index contributed by atoms with van der Waals surface area (Å²) >= 11 is 0. The lowest BCUT2D eigenvalue weighted by atomic mass is 10.00. The van der Waals surface area contributed by atoms with Gasteiger partial charge in [-0.2, -0.15) is 0 Å². The molecule has 0 fully saturated rings. The summed E-state index contributed by atoms with van der Waals surface area (Å²) in [4.78, 5) is 73.0. The fourth-order valence-electron chi connectivity index (χ4n) is 12.5. The van der Waals surface area contributed by atoms with Gasteiger partial charge in [0.25, 0.3) is 0 Å². The molecule has 0 spiro atoms. The number of hydrogen-bond donors (Lipinski definition) is 3. The molecule has 0 aromatic rings. The van der Waals surface area contributed by atoms with Crippen molar-refractivity contribution in [3.63, 3.8) is 0 Å². The number of esters is 4. The van der Waals surface area contributed by atoms with Crippen molar-refractivity contribution in [3.05, 3.63) is 0 Å². The third kappa shape index (κ3) is 73.0. The van der Waals surface area contributed by atoms with Crippen LogP contribution in [0.3, 0.4) is 0 Å². The summed E-state index contributed by atoms with van der Waals surface area (Å²) in [7, 11) is -9.92. The van der Waals surface area contributed by atoms with Gasteiger partial charge in [-0.15, -0.1) is 0 Å². The van der Waals surface area contributed by atoms with E-state index in [-0.39, 0.29) is 25.7 Å². The molecule has 0 heterocycles. The molecule has 6 atom stereocenters. The van der Waals surface area contributed by atoms with E-state index in [1.54, 1.807) is 0 Å². The Morgan fingerprint density at radius 3 is 0.760 bits per heavy atom. The van der Waals surface area contributed by atoms with Gasteiger partial charge in [0.2, 0.25) is 0 Å². The van der Waals surface area contributed by atoms with Crippen molar-refractivity contribution in [1.29, 1.82) is 0 Å². The van der Waals surface area contributed by atoms with E-state index in [2.05, 4.69) is 41.5 Å². The van der Waals surface area contributed by atoms with Gasteiger partial charge in [-0.1, -0.05) is 375 Å². The highest BCUT2D eigenvalue weighted by molar-refractivity contribution is 7.47. The minimum absolute atomic E-state index is 0.107. The quantitative estimate of drug-likeness (QED) is 0.0222. The molecule has 594 valence electrons. The van der Waals surface area contributed by atoms with Gasteiger partial charge in [0, 0.05) is 25.7 Å². The molecule has 0 aliphatic carbocycles. The molecule has 0 bridgehead atoms. The third-order valence-corrected chi connectivity index (χ3v) is 21.2. The number of carbonyl (C=O) groups is 4. The number of carbonyl (C=O) groups excluding carboxylic acids is 4. The second-order valence-electron chi connectivity index (χ2n) is 29.9. The number of hydrogen-bond acceptors (Lipinski definition) is 15. The minimum atomic E-state index is -4.96. The molecule has 3 unspecified atom stereocenters. The van der Waals surface area contributed by atoms with Gasteiger partial charge in [0.05, 0.1) is 26.4 Å². The maximum Gasteiger partial charge on any atom is 0.472 e. The minimum Gasteiger partial charge on any atom is -0.462 e. The van der Waals surface area contributed by atoms with Gasteiger partial charge in [-0.3, -0.25) is 37.3 Å². The van der Waals surface area contributed by atoms with Crippen LogP contribution in [0.2, 0.25) is 0 Å². The highest BCUT2D eigenvalue weighted by Gasteiger charge is 2.30. The zero-order chi connectivity index (χ0) is 73.5. The zero-order valence-electron chi connectivity index (χ0n) is 65.5. The van der Waals surface area contributed by atoms with Gasteiger partial charge in [-0.25, -0.2) is 9.13 Å². The van der Waals surface area contributed by atoms with Crippen LogP contribution in [0.15, 0.2) is 0 Å². The first kappa shape index (κ1) is 98.1. The number of unbranched alkanes of at least 4 members (excludes halogenated alkanes) is 49. The number of phosphoric ester groups is 2. The number of phosphoric acid groups is 2. The SMILES string of the molecule is CCCCCCCCCCCCCCCCCCCCCC(=O)O[C@H](COC(=O)CCCCCCCCCCCCCCCC(C)C)COP(=O)(O)OC[C@@H](O)COP(=O)(O)OC[C@@H](COC(=O)CCCCCCCCC(C)CC)OC(=O)CCCCCCCCCCCCCCCCC. The first-order chi connectivity index (χ1) is 48.4. The first-order valence-electron chi connectivity index (χ1n) is 42.0. The van der Waals surface area contributed by atoms with Gasteiger partial charge >= 0.3 is 39.5 Å². The average Bonchev–Trinajstić information content (AvgIpc) is 0.944. The van der Waals surface area contributed by atoms with Crippen molar-refractivity contribution in [2.45, 2.75) is 445 Å². The van der Waals surface area contributed by atoms with Crippen LogP contribution >= 0.6 is 15.6 Å². The Labute approximate surface area is 613 Å². The molecule has 0 saturated heterocycles. The lowest BCUT2D eigenvalue weighted by molar-refractivity contribution is -0.161. The summed E-state index contributed by atoms with van der Waals surface area (Å²) in [6, 6.07) is 0. The Kier molecular flexibility index (Phi) is 71.2. The van der Waals surface area contributed by atoms with Crippen molar-refractivity contribution in [1.82, 2.24) is 0 Å². The Morgan fingerprint density at radius 2 is 0.510 bits per heavy atom. The van der Waals surface area contributed by atoms with Crippen molar-refractivity contribution >= 4 is 39.5 Å². The van der Waals surface area contributed by atoms with Crippen LogP contribution in [0.5, 0.6) is 0 Å². The largest absolute Gasteiger partial charge is 0.472 e. The molecular formula is C81H158O17P2. The maximum atomic E-state index is 13.1. The van der Waals surface area contributed by atoms with Gasteiger partial charge in [0.1, 0.15) is 19.3 Å². The fourth-order valence-corrected chi connectivity index (χ4v) is 14.1. The Morgan fingerprint density at radius 1 is 0.290 bits per heavy atom. The lowest BCUT2D eigenvalue weighted by Gasteiger charge is -2.21. The molecular weight excluding hydrogens is 1310 g/mol. The first-order valence-corrected chi connectivity index (χ1v) is 45.0. The van der Waals surface area contributed by atoms with Crippen LogP contribution in [-0.2, 0) is 65.4 Å². The fraction of sp³-hybridized carbons (Fsp3) is 0.951. The van der Waals surface area contributed by atoms with Crippen molar-refractivity contribution < 1.29 is 80.2 Å². The Hall–Kier alpha value is -1.94. The van der Waals surface area contributed by atoms with Crippen LogP contribution in [0.1, 0.15) is 427 Å². The number of rotatable bonds is 80. The van der Waals surface area contributed by atoms with E-state index in [0.717, 1.165) is 108 Å². The normalized spacial score (nSPS) is 14.2. The molecule has 0 aliphatic heterocycles. The predicted octanol–water partition coefficient (Wildman–Crippen LogP) is 24.3. The van der Waals surface area contributed by atoms with Crippen LogP contribution in [0.4, 0.5) is 0 Å². The third-order valence-electron chi connectivity index (χ3n) is 19.3. The molecule has 100 heavy (non-hydrogen) atoms. The lowest BCUT2D eigenvalue weighted by Crippen LogP contribution is -2.30. The Bertz CT molecular complexity index is 1930. The van der Waals surface area contributed by atoms with Crippen molar-refractivity contribution in [2.24, 2.45) is 11.8 Å². The monoisotopic (exact) mass is 1470 g/mol. The molecule has 3 N–H and O–H groups in total. The van der Waals surface area contributed by atoms with E-state index in [9.17, 15) is 43.2 Å². The summed E-state index contributed by atoms with van der Waals surface area (Å²) in [5.74, 6) is -0.586. The molecule has 0 aromatic carbocycles. The Balaban J connectivity index is 5.24. The maximum absolute atomic E-state index is 13.1. The molecule has 0 amide bonds. The molecule has 0 radical (unpaired) electrons. The molecule has 0 aromatic heterocycles.